The second-order valence-corrected chi connectivity index (χ2v) is 6.91. The van der Waals surface area contributed by atoms with Gasteiger partial charge < -0.3 is 4.52 Å². The first-order chi connectivity index (χ1) is 8.00. The van der Waals surface area contributed by atoms with Crippen molar-refractivity contribution < 1.29 is 18.9 Å². The molecule has 19 heavy (non-hydrogen) atoms. The molecule has 0 spiro atoms. The zero-order valence-corrected chi connectivity index (χ0v) is 12.4. The van der Waals surface area contributed by atoms with Crippen molar-refractivity contribution in [3.05, 3.63) is 29.3 Å². The second-order valence-electron chi connectivity index (χ2n) is 5.74. The van der Waals surface area contributed by atoms with Crippen LogP contribution in [0.2, 0.25) is 0 Å². The molecule has 6 heteroatoms. The zero-order valence-electron chi connectivity index (χ0n) is 11.5. The average Bonchev–Trinajstić information content (AvgIpc) is 2.13. The maximum atomic E-state index is 11.0. The van der Waals surface area contributed by atoms with Crippen LogP contribution in [0.15, 0.2) is 18.2 Å². The molecule has 2 N–H and O–H groups in total. The molecule has 0 atom stereocenters. The van der Waals surface area contributed by atoms with Crippen molar-refractivity contribution in [2.45, 2.75) is 46.0 Å². The van der Waals surface area contributed by atoms with E-state index in [2.05, 4.69) is 13.8 Å². The third-order valence-electron chi connectivity index (χ3n) is 2.70. The number of hydrogen-bond donors (Lipinski definition) is 2. The van der Waals surface area contributed by atoms with Crippen LogP contribution in [-0.4, -0.2) is 39.3 Å². The first kappa shape index (κ1) is 19.2. The summed E-state index contributed by atoms with van der Waals surface area (Å²) < 4.78 is 15.7. The Balaban J connectivity index is 0.00000324. The Morgan fingerprint density at radius 3 is 2.11 bits per heavy atom. The van der Waals surface area contributed by atoms with Crippen molar-refractivity contribution in [2.75, 3.05) is 0 Å². The molecule has 4 nitrogen and oxygen atoms in total. The van der Waals surface area contributed by atoms with Gasteiger partial charge in [0, 0.05) is 5.56 Å². The number of benzene rings is 1. The van der Waals surface area contributed by atoms with Gasteiger partial charge in [-0.3, -0.25) is 9.79 Å². The number of phosphoric ester groups is 1. The number of phosphoric acid groups is 1. The maximum absolute atomic E-state index is 11.0. The topological polar surface area (TPSA) is 66.8 Å². The van der Waals surface area contributed by atoms with E-state index in [4.69, 9.17) is 14.3 Å². The molecule has 0 saturated heterocycles. The normalized spacial score (nSPS) is 12.2. The molecular weight excluding hydrogens is 274 g/mol. The van der Waals surface area contributed by atoms with Gasteiger partial charge in [-0.25, -0.2) is 4.57 Å². The van der Waals surface area contributed by atoms with Crippen LogP contribution in [0.25, 0.3) is 0 Å². The van der Waals surface area contributed by atoms with Crippen LogP contribution in [0.5, 0.6) is 5.75 Å². The van der Waals surface area contributed by atoms with Gasteiger partial charge in [0.2, 0.25) is 0 Å². The summed E-state index contributed by atoms with van der Waals surface area (Å²) in [4.78, 5) is 17.9. The Morgan fingerprint density at radius 2 is 1.74 bits per heavy atom. The van der Waals surface area contributed by atoms with Crippen molar-refractivity contribution in [1.29, 1.82) is 0 Å². The molecule has 0 amide bonds. The molecule has 0 aliphatic rings. The first-order valence-corrected chi connectivity index (χ1v) is 7.43. The van der Waals surface area contributed by atoms with Gasteiger partial charge in [-0.15, -0.1) is 0 Å². The van der Waals surface area contributed by atoms with E-state index in [1.165, 1.54) is 0 Å². The van der Waals surface area contributed by atoms with E-state index in [0.717, 1.165) is 11.1 Å². The van der Waals surface area contributed by atoms with Crippen LogP contribution >= 0.6 is 7.82 Å². The van der Waals surface area contributed by atoms with E-state index in [9.17, 15) is 4.57 Å². The van der Waals surface area contributed by atoms with Crippen LogP contribution in [0.1, 0.15) is 51.7 Å². The standard InChI is InChI=1S/C13H21O4P.Na.H/c1-9(2)10-6-7-12(17-18(14,15)16)11(8-10)13(3,4)5;;/h6-9H,1-5H3,(H2,14,15,16);;. The quantitative estimate of drug-likeness (QED) is 0.665. The van der Waals surface area contributed by atoms with Gasteiger partial charge in [0.15, 0.2) is 0 Å². The Morgan fingerprint density at radius 1 is 1.21 bits per heavy atom. The molecule has 0 unspecified atom stereocenters. The van der Waals surface area contributed by atoms with Gasteiger partial charge in [-0.1, -0.05) is 46.8 Å². The summed E-state index contributed by atoms with van der Waals surface area (Å²) in [6.45, 7) is 10.1. The van der Waals surface area contributed by atoms with Crippen LogP contribution in [0.3, 0.4) is 0 Å². The molecule has 0 heterocycles. The molecule has 0 aliphatic heterocycles. The Bertz CT molecular complexity index is 474. The molecule has 0 fully saturated rings. The fraction of sp³-hybridized carbons (Fsp3) is 0.538. The summed E-state index contributed by atoms with van der Waals surface area (Å²) >= 11 is 0. The van der Waals surface area contributed by atoms with Gasteiger partial charge in [-0.05, 0) is 23.0 Å². The van der Waals surface area contributed by atoms with Crippen LogP contribution in [-0.2, 0) is 9.98 Å². The van der Waals surface area contributed by atoms with E-state index in [1.807, 2.05) is 32.9 Å². The minimum absolute atomic E-state index is 0. The Kier molecular flexibility index (Phi) is 6.81. The minimum atomic E-state index is -4.52. The van der Waals surface area contributed by atoms with Crippen LogP contribution < -0.4 is 4.52 Å². The van der Waals surface area contributed by atoms with Gasteiger partial charge in [0.1, 0.15) is 5.75 Å². The number of hydrogen-bond acceptors (Lipinski definition) is 2. The molecule has 104 valence electrons. The van der Waals surface area contributed by atoms with Crippen molar-refractivity contribution >= 4 is 37.4 Å². The molecular formula is C13H22NaO4P. The molecule has 1 aromatic rings. The van der Waals surface area contributed by atoms with E-state index in [0.29, 0.717) is 5.92 Å². The monoisotopic (exact) mass is 296 g/mol. The fourth-order valence-electron chi connectivity index (χ4n) is 1.70. The summed E-state index contributed by atoms with van der Waals surface area (Å²) in [5, 5.41) is 0. The summed E-state index contributed by atoms with van der Waals surface area (Å²) in [5.41, 5.74) is 1.69. The van der Waals surface area contributed by atoms with E-state index < -0.39 is 7.82 Å². The molecule has 0 saturated carbocycles. The Labute approximate surface area is 137 Å². The van der Waals surface area contributed by atoms with E-state index >= 15 is 0 Å². The predicted molar refractivity (Wildman–Crippen MR) is 79.1 cm³/mol. The van der Waals surface area contributed by atoms with Crippen LogP contribution in [0, 0.1) is 0 Å². The van der Waals surface area contributed by atoms with Crippen molar-refractivity contribution in [3.63, 3.8) is 0 Å². The molecule has 0 bridgehead atoms. The van der Waals surface area contributed by atoms with Gasteiger partial charge in [-0.2, -0.15) is 0 Å². The average molecular weight is 296 g/mol. The SMILES string of the molecule is CC(C)c1ccc(OP(=O)(O)O)c(C(C)(C)C)c1.[NaH]. The predicted octanol–water partition coefficient (Wildman–Crippen LogP) is 2.93. The van der Waals surface area contributed by atoms with Gasteiger partial charge in [0.05, 0.1) is 0 Å². The Hall–Kier alpha value is 0.170. The summed E-state index contributed by atoms with van der Waals surface area (Å²) in [7, 11) is -4.52. The van der Waals surface area contributed by atoms with Crippen molar-refractivity contribution in [2.24, 2.45) is 0 Å². The van der Waals surface area contributed by atoms with Crippen LogP contribution in [0.4, 0.5) is 0 Å². The van der Waals surface area contributed by atoms with Gasteiger partial charge >= 0.3 is 37.4 Å². The molecule has 0 radical (unpaired) electrons. The summed E-state index contributed by atoms with van der Waals surface area (Å²) in [6.07, 6.45) is 0. The second kappa shape index (κ2) is 6.75. The van der Waals surface area contributed by atoms with E-state index in [-0.39, 0.29) is 40.7 Å². The van der Waals surface area contributed by atoms with Gasteiger partial charge in [0.25, 0.3) is 0 Å². The van der Waals surface area contributed by atoms with Crippen molar-refractivity contribution in [1.82, 2.24) is 0 Å². The summed E-state index contributed by atoms with van der Waals surface area (Å²) in [6, 6.07) is 5.43. The summed E-state index contributed by atoms with van der Waals surface area (Å²) in [5.74, 6) is 0.607. The third kappa shape index (κ3) is 5.99. The zero-order chi connectivity index (χ0) is 14.1. The fourth-order valence-corrected chi connectivity index (χ4v) is 2.12. The first-order valence-electron chi connectivity index (χ1n) is 5.90. The molecule has 0 aromatic heterocycles. The van der Waals surface area contributed by atoms with E-state index in [1.54, 1.807) is 6.07 Å². The van der Waals surface area contributed by atoms with Crippen molar-refractivity contribution in [3.8, 4) is 5.75 Å². The number of rotatable bonds is 3. The molecule has 1 aromatic carbocycles. The third-order valence-corrected chi connectivity index (χ3v) is 3.13. The molecule has 0 aliphatic carbocycles. The molecule has 1 rings (SSSR count).